The van der Waals surface area contributed by atoms with Gasteiger partial charge in [-0.25, -0.2) is 0 Å². The molecule has 1 N–H and O–H groups in total. The molecular weight excluding hydrogens is 334 g/mol. The number of benzene rings is 1. The van der Waals surface area contributed by atoms with E-state index in [1.54, 1.807) is 6.92 Å². The molecule has 2 aliphatic carbocycles. The van der Waals surface area contributed by atoms with Crippen LogP contribution < -0.4 is 0 Å². The van der Waals surface area contributed by atoms with E-state index in [1.165, 1.54) is 31.0 Å². The van der Waals surface area contributed by atoms with E-state index in [1.807, 2.05) is 24.3 Å². The van der Waals surface area contributed by atoms with Gasteiger partial charge in [-0.15, -0.1) is 11.8 Å². The van der Waals surface area contributed by atoms with Crippen LogP contribution in [0.5, 0.6) is 0 Å². The van der Waals surface area contributed by atoms with Crippen molar-refractivity contribution < 1.29 is 14.7 Å². The third-order valence-corrected chi connectivity index (χ3v) is 7.30. The van der Waals surface area contributed by atoms with E-state index in [0.717, 1.165) is 36.1 Å². The van der Waals surface area contributed by atoms with Crippen LogP contribution in [0.25, 0.3) is 0 Å². The topological polar surface area (TPSA) is 57.6 Å². The molecule has 4 nitrogen and oxygen atoms in total. The second-order valence-electron chi connectivity index (χ2n) is 7.98. The Hall–Kier alpha value is -1.49. The van der Waals surface area contributed by atoms with Crippen molar-refractivity contribution in [1.29, 1.82) is 0 Å². The Morgan fingerprint density at radius 2 is 1.72 bits per heavy atom. The second-order valence-corrected chi connectivity index (χ2v) is 9.37. The number of carbonyl (C=O) groups is 2. The van der Waals surface area contributed by atoms with Crippen molar-refractivity contribution >= 4 is 23.6 Å². The zero-order valence-electron chi connectivity index (χ0n) is 14.6. The van der Waals surface area contributed by atoms with Crippen LogP contribution in [0, 0.1) is 17.8 Å². The molecule has 0 spiro atoms. The summed E-state index contributed by atoms with van der Waals surface area (Å²) in [4.78, 5) is 27.5. The number of aliphatic carboxylic acids is 1. The Morgan fingerprint density at radius 1 is 1.08 bits per heavy atom. The molecule has 3 atom stereocenters. The van der Waals surface area contributed by atoms with Crippen molar-refractivity contribution in [2.75, 3.05) is 6.54 Å². The summed E-state index contributed by atoms with van der Waals surface area (Å²) in [5.41, 5.74) is 0.668. The fourth-order valence-corrected chi connectivity index (χ4v) is 6.10. The lowest BCUT2D eigenvalue weighted by atomic mass is 9.68. The van der Waals surface area contributed by atoms with Gasteiger partial charge in [-0.05, 0) is 68.9 Å². The lowest BCUT2D eigenvalue weighted by molar-refractivity contribution is -0.136. The molecule has 0 radical (unpaired) electrons. The summed E-state index contributed by atoms with van der Waals surface area (Å²) in [6.45, 7) is 2.55. The Labute approximate surface area is 153 Å². The molecule has 2 aliphatic heterocycles. The summed E-state index contributed by atoms with van der Waals surface area (Å²) >= 11 is 1.26. The minimum atomic E-state index is -0.849. The summed E-state index contributed by atoms with van der Waals surface area (Å²) in [7, 11) is 0. The van der Waals surface area contributed by atoms with Crippen LogP contribution in [0.15, 0.2) is 29.2 Å². The van der Waals surface area contributed by atoms with Gasteiger partial charge in [0.15, 0.2) is 0 Å². The normalized spacial score (nSPS) is 31.6. The number of rotatable bonds is 4. The molecule has 0 aromatic heterocycles. The summed E-state index contributed by atoms with van der Waals surface area (Å²) < 4.78 is 0. The monoisotopic (exact) mass is 359 g/mol. The zero-order valence-corrected chi connectivity index (χ0v) is 15.4. The molecule has 2 heterocycles. The average Bonchev–Trinajstić information content (AvgIpc) is 2.78. The number of nitrogens with zero attached hydrogens (tertiary/aromatic N) is 1. The number of hydrogen-bond acceptors (Lipinski definition) is 3. The first kappa shape index (κ1) is 17.0. The minimum Gasteiger partial charge on any atom is -0.480 e. The molecule has 4 aliphatic rings. The van der Waals surface area contributed by atoms with Crippen LogP contribution >= 0.6 is 11.8 Å². The van der Waals surface area contributed by atoms with E-state index in [4.69, 9.17) is 0 Å². The molecule has 5 rings (SSSR count). The van der Waals surface area contributed by atoms with E-state index < -0.39 is 11.2 Å². The van der Waals surface area contributed by atoms with E-state index in [2.05, 4.69) is 4.90 Å². The fraction of sp³-hybridized carbons (Fsp3) is 0.600. The minimum absolute atomic E-state index is 0.0962. The van der Waals surface area contributed by atoms with Gasteiger partial charge in [0.1, 0.15) is 5.25 Å². The third kappa shape index (κ3) is 3.31. The van der Waals surface area contributed by atoms with E-state index >= 15 is 0 Å². The van der Waals surface area contributed by atoms with Gasteiger partial charge in [-0.2, -0.15) is 0 Å². The van der Waals surface area contributed by atoms with Crippen LogP contribution in [0.4, 0.5) is 0 Å². The van der Waals surface area contributed by atoms with Crippen molar-refractivity contribution in [3.8, 4) is 0 Å². The quantitative estimate of drug-likeness (QED) is 0.828. The third-order valence-electron chi connectivity index (χ3n) is 6.14. The SMILES string of the molecule is CC(Sc1ccccc1C(=O)N1CC2CC3CC(C2)CC1C3)C(=O)O. The number of carboxylic acid groups (broad SMARTS) is 1. The molecule has 1 aromatic rings. The Balaban J connectivity index is 1.60. The number of thioether (sulfide) groups is 1. The van der Waals surface area contributed by atoms with Crippen molar-refractivity contribution in [1.82, 2.24) is 4.90 Å². The highest BCUT2D eigenvalue weighted by atomic mass is 32.2. The fourth-order valence-electron chi connectivity index (χ4n) is 5.17. The lowest BCUT2D eigenvalue weighted by Crippen LogP contribution is -2.42. The summed E-state index contributed by atoms with van der Waals surface area (Å²) in [6.07, 6.45) is 6.23. The van der Waals surface area contributed by atoms with Gasteiger partial charge in [0, 0.05) is 17.5 Å². The summed E-state index contributed by atoms with van der Waals surface area (Å²) in [6, 6.07) is 7.86. The molecule has 25 heavy (non-hydrogen) atoms. The number of carbonyl (C=O) groups excluding carboxylic acids is 1. The molecule has 4 bridgehead atoms. The highest BCUT2D eigenvalue weighted by Gasteiger charge is 2.44. The molecule has 2 saturated carbocycles. The second kappa shape index (κ2) is 6.67. The molecule has 5 heteroatoms. The maximum absolute atomic E-state index is 13.4. The number of amides is 1. The van der Waals surface area contributed by atoms with E-state index in [9.17, 15) is 14.7 Å². The average molecular weight is 359 g/mol. The standard InChI is InChI=1S/C20H25NO3S/c1-12(20(23)24)25-18-5-3-2-4-17(18)19(22)21-11-15-7-13-6-14(8-15)10-16(21)9-13/h2-5,12-16H,6-11H2,1H3,(H,23,24). The van der Waals surface area contributed by atoms with Gasteiger partial charge < -0.3 is 10.0 Å². The number of hydrogen-bond donors (Lipinski definition) is 1. The van der Waals surface area contributed by atoms with Crippen molar-refractivity contribution in [3.05, 3.63) is 29.8 Å². The maximum atomic E-state index is 13.4. The Morgan fingerprint density at radius 3 is 2.40 bits per heavy atom. The molecule has 1 aromatic carbocycles. The van der Waals surface area contributed by atoms with Gasteiger partial charge in [0.25, 0.3) is 5.91 Å². The van der Waals surface area contributed by atoms with Crippen molar-refractivity contribution in [2.45, 2.75) is 55.2 Å². The Bertz CT molecular complexity index is 677. The molecule has 1 amide bonds. The Kier molecular flexibility index (Phi) is 4.52. The maximum Gasteiger partial charge on any atom is 0.316 e. The van der Waals surface area contributed by atoms with Crippen LogP contribution in [0.2, 0.25) is 0 Å². The lowest BCUT2D eigenvalue weighted by Gasteiger charge is -2.39. The molecule has 4 fully saturated rings. The largest absolute Gasteiger partial charge is 0.480 e. The summed E-state index contributed by atoms with van der Waals surface area (Å²) in [5, 5.41) is 8.63. The first-order valence-corrected chi connectivity index (χ1v) is 10.2. The van der Waals surface area contributed by atoms with Crippen LogP contribution in [0.3, 0.4) is 0 Å². The van der Waals surface area contributed by atoms with E-state index in [0.29, 0.717) is 17.5 Å². The van der Waals surface area contributed by atoms with Crippen molar-refractivity contribution in [2.24, 2.45) is 17.8 Å². The van der Waals surface area contributed by atoms with Crippen molar-refractivity contribution in [3.63, 3.8) is 0 Å². The van der Waals surface area contributed by atoms with Gasteiger partial charge >= 0.3 is 5.97 Å². The highest BCUT2D eigenvalue weighted by molar-refractivity contribution is 8.00. The van der Waals surface area contributed by atoms with Crippen LogP contribution in [-0.2, 0) is 4.79 Å². The first-order chi connectivity index (χ1) is 12.0. The van der Waals surface area contributed by atoms with E-state index in [-0.39, 0.29) is 5.91 Å². The molecule has 2 saturated heterocycles. The smallest absolute Gasteiger partial charge is 0.316 e. The van der Waals surface area contributed by atoms with Gasteiger partial charge in [-0.1, -0.05) is 12.1 Å². The highest BCUT2D eigenvalue weighted by Crippen LogP contribution is 2.48. The first-order valence-electron chi connectivity index (χ1n) is 9.30. The molecule has 3 unspecified atom stereocenters. The predicted molar refractivity (Wildman–Crippen MR) is 97.8 cm³/mol. The number of fused-ring (bicyclic) bond motifs is 1. The predicted octanol–water partition coefficient (Wildman–Crippen LogP) is 3.90. The summed E-state index contributed by atoms with van der Waals surface area (Å²) in [5.74, 6) is 1.50. The molecular formula is C20H25NO3S. The van der Waals surface area contributed by atoms with Gasteiger partial charge in [0.05, 0.1) is 5.56 Å². The molecule has 134 valence electrons. The van der Waals surface area contributed by atoms with Crippen LogP contribution in [0.1, 0.15) is 49.4 Å². The van der Waals surface area contributed by atoms with Gasteiger partial charge in [0.2, 0.25) is 0 Å². The van der Waals surface area contributed by atoms with Crippen LogP contribution in [-0.4, -0.2) is 39.7 Å². The van der Waals surface area contributed by atoms with Gasteiger partial charge in [-0.3, -0.25) is 9.59 Å². The number of carboxylic acids is 1. The zero-order chi connectivity index (χ0) is 17.6.